The van der Waals surface area contributed by atoms with Gasteiger partial charge in [0.25, 0.3) is 5.69 Å². The number of carbonyl (C=O) groups excluding carboxylic acids is 1. The molecule has 0 aliphatic heterocycles. The molecule has 0 atom stereocenters. The summed E-state index contributed by atoms with van der Waals surface area (Å²) >= 11 is 7.26. The fraction of sp³-hybridized carbons (Fsp3) is 0.133. The van der Waals surface area contributed by atoms with Crippen LogP contribution in [0.5, 0.6) is 0 Å². The van der Waals surface area contributed by atoms with Crippen molar-refractivity contribution in [3.63, 3.8) is 0 Å². The standard InChI is InChI=1S/C15H13ClN2O3S/c16-12-6-4-11(5-7-12)9-22-10-15(19)17-13-2-1-3-14(8-13)18(20)21/h1-8H,9-10H2,(H,17,19). The van der Waals surface area contributed by atoms with Crippen molar-refractivity contribution < 1.29 is 9.72 Å². The maximum absolute atomic E-state index is 11.8. The second-order valence-electron chi connectivity index (χ2n) is 4.47. The molecule has 0 radical (unpaired) electrons. The van der Waals surface area contributed by atoms with Crippen LogP contribution in [0.1, 0.15) is 5.56 Å². The van der Waals surface area contributed by atoms with Crippen LogP contribution in [0.3, 0.4) is 0 Å². The molecule has 114 valence electrons. The first-order chi connectivity index (χ1) is 10.5. The predicted molar refractivity (Wildman–Crippen MR) is 89.3 cm³/mol. The highest BCUT2D eigenvalue weighted by atomic mass is 35.5. The average Bonchev–Trinajstić information content (AvgIpc) is 2.49. The van der Waals surface area contributed by atoms with Gasteiger partial charge in [0, 0.05) is 28.6 Å². The lowest BCUT2D eigenvalue weighted by molar-refractivity contribution is -0.384. The number of nitro benzene ring substituents is 1. The van der Waals surface area contributed by atoms with E-state index in [1.54, 1.807) is 18.2 Å². The summed E-state index contributed by atoms with van der Waals surface area (Å²) in [5, 5.41) is 14.0. The Labute approximate surface area is 136 Å². The van der Waals surface area contributed by atoms with Crippen LogP contribution in [0.4, 0.5) is 11.4 Å². The number of anilines is 1. The molecule has 0 aromatic heterocycles. The Morgan fingerprint density at radius 1 is 1.23 bits per heavy atom. The van der Waals surface area contributed by atoms with E-state index in [0.29, 0.717) is 16.5 Å². The molecule has 0 aliphatic carbocycles. The minimum Gasteiger partial charge on any atom is -0.325 e. The van der Waals surface area contributed by atoms with E-state index in [-0.39, 0.29) is 17.3 Å². The molecular formula is C15H13ClN2O3S. The number of nitrogens with one attached hydrogen (secondary N) is 1. The van der Waals surface area contributed by atoms with Crippen LogP contribution in [-0.4, -0.2) is 16.6 Å². The zero-order chi connectivity index (χ0) is 15.9. The number of thioether (sulfide) groups is 1. The van der Waals surface area contributed by atoms with Gasteiger partial charge >= 0.3 is 0 Å². The van der Waals surface area contributed by atoms with Crippen molar-refractivity contribution in [2.24, 2.45) is 0 Å². The molecule has 1 N–H and O–H groups in total. The Morgan fingerprint density at radius 3 is 2.64 bits per heavy atom. The summed E-state index contributed by atoms with van der Waals surface area (Å²) < 4.78 is 0. The molecule has 0 fully saturated rings. The molecule has 2 aromatic carbocycles. The summed E-state index contributed by atoms with van der Waals surface area (Å²) in [5.41, 5.74) is 1.45. The van der Waals surface area contributed by atoms with Crippen molar-refractivity contribution in [1.82, 2.24) is 0 Å². The lowest BCUT2D eigenvalue weighted by Crippen LogP contribution is -2.14. The van der Waals surface area contributed by atoms with E-state index < -0.39 is 4.92 Å². The fourth-order valence-corrected chi connectivity index (χ4v) is 2.65. The highest BCUT2D eigenvalue weighted by Gasteiger charge is 2.08. The van der Waals surface area contributed by atoms with Crippen molar-refractivity contribution in [1.29, 1.82) is 0 Å². The molecule has 0 saturated heterocycles. The summed E-state index contributed by atoms with van der Waals surface area (Å²) in [6.07, 6.45) is 0. The molecule has 7 heteroatoms. The molecule has 0 heterocycles. The van der Waals surface area contributed by atoms with Crippen LogP contribution in [-0.2, 0) is 10.5 Å². The molecular weight excluding hydrogens is 324 g/mol. The number of rotatable bonds is 6. The number of halogens is 1. The molecule has 0 bridgehead atoms. The van der Waals surface area contributed by atoms with Crippen molar-refractivity contribution >= 4 is 40.6 Å². The van der Waals surface area contributed by atoms with Gasteiger partial charge in [0.05, 0.1) is 10.7 Å². The van der Waals surface area contributed by atoms with E-state index in [4.69, 9.17) is 11.6 Å². The van der Waals surface area contributed by atoms with Crippen molar-refractivity contribution in [2.45, 2.75) is 5.75 Å². The third-order valence-corrected chi connectivity index (χ3v) is 4.01. The van der Waals surface area contributed by atoms with Gasteiger partial charge in [-0.15, -0.1) is 11.8 Å². The predicted octanol–water partition coefficient (Wildman–Crippen LogP) is 4.12. The van der Waals surface area contributed by atoms with Gasteiger partial charge in [-0.3, -0.25) is 14.9 Å². The molecule has 1 amide bonds. The number of nitro groups is 1. The van der Waals surface area contributed by atoms with Gasteiger partial charge in [0.1, 0.15) is 0 Å². The van der Waals surface area contributed by atoms with Crippen LogP contribution in [0.25, 0.3) is 0 Å². The van der Waals surface area contributed by atoms with Gasteiger partial charge in [0.2, 0.25) is 5.91 Å². The van der Waals surface area contributed by atoms with Crippen LogP contribution < -0.4 is 5.32 Å². The monoisotopic (exact) mass is 336 g/mol. The maximum Gasteiger partial charge on any atom is 0.271 e. The molecule has 2 rings (SSSR count). The summed E-state index contributed by atoms with van der Waals surface area (Å²) in [7, 11) is 0. The average molecular weight is 337 g/mol. The van der Waals surface area contributed by atoms with E-state index in [9.17, 15) is 14.9 Å². The zero-order valence-corrected chi connectivity index (χ0v) is 13.1. The number of benzene rings is 2. The Hall–Kier alpha value is -2.05. The largest absolute Gasteiger partial charge is 0.325 e. The van der Waals surface area contributed by atoms with Crippen LogP contribution in [0.15, 0.2) is 48.5 Å². The molecule has 2 aromatic rings. The third kappa shape index (κ3) is 5.05. The molecule has 0 aliphatic rings. The normalized spacial score (nSPS) is 10.2. The van der Waals surface area contributed by atoms with Gasteiger partial charge in [0.15, 0.2) is 0 Å². The number of hydrogen-bond donors (Lipinski definition) is 1. The molecule has 22 heavy (non-hydrogen) atoms. The minimum atomic E-state index is -0.495. The lowest BCUT2D eigenvalue weighted by atomic mass is 10.2. The van der Waals surface area contributed by atoms with E-state index in [1.807, 2.05) is 12.1 Å². The van der Waals surface area contributed by atoms with Crippen LogP contribution in [0, 0.1) is 10.1 Å². The lowest BCUT2D eigenvalue weighted by Gasteiger charge is -2.05. The third-order valence-electron chi connectivity index (χ3n) is 2.76. The topological polar surface area (TPSA) is 72.2 Å². The summed E-state index contributed by atoms with van der Waals surface area (Å²) in [5.74, 6) is 0.768. The second kappa shape index (κ2) is 7.82. The van der Waals surface area contributed by atoms with Crippen LogP contribution in [0.2, 0.25) is 5.02 Å². The smallest absolute Gasteiger partial charge is 0.271 e. The zero-order valence-electron chi connectivity index (χ0n) is 11.5. The van der Waals surface area contributed by atoms with E-state index in [0.717, 1.165) is 5.56 Å². The minimum absolute atomic E-state index is 0.0494. The Balaban J connectivity index is 1.81. The number of hydrogen-bond acceptors (Lipinski definition) is 4. The first-order valence-corrected chi connectivity index (χ1v) is 7.94. The van der Waals surface area contributed by atoms with Gasteiger partial charge < -0.3 is 5.32 Å². The van der Waals surface area contributed by atoms with Crippen molar-refractivity contribution in [3.8, 4) is 0 Å². The molecule has 0 saturated carbocycles. The highest BCUT2D eigenvalue weighted by Crippen LogP contribution is 2.18. The maximum atomic E-state index is 11.8. The Bertz CT molecular complexity index is 677. The summed E-state index contributed by atoms with van der Waals surface area (Å²) in [6, 6.07) is 13.3. The van der Waals surface area contributed by atoms with E-state index in [2.05, 4.69) is 5.32 Å². The molecule has 5 nitrogen and oxygen atoms in total. The number of nitrogens with zero attached hydrogens (tertiary/aromatic N) is 1. The fourth-order valence-electron chi connectivity index (χ4n) is 1.74. The van der Waals surface area contributed by atoms with Gasteiger partial charge in [-0.2, -0.15) is 0 Å². The number of non-ortho nitro benzene ring substituents is 1. The summed E-state index contributed by atoms with van der Waals surface area (Å²) in [4.78, 5) is 22.0. The molecule has 0 unspecified atom stereocenters. The molecule has 0 spiro atoms. The Morgan fingerprint density at radius 2 is 1.95 bits per heavy atom. The summed E-state index contributed by atoms with van der Waals surface area (Å²) in [6.45, 7) is 0. The Kier molecular flexibility index (Phi) is 5.80. The first kappa shape index (κ1) is 16.3. The van der Waals surface area contributed by atoms with Gasteiger partial charge in [-0.05, 0) is 23.8 Å². The van der Waals surface area contributed by atoms with E-state index in [1.165, 1.54) is 30.0 Å². The highest BCUT2D eigenvalue weighted by molar-refractivity contribution is 7.99. The second-order valence-corrected chi connectivity index (χ2v) is 5.90. The SMILES string of the molecule is O=C(CSCc1ccc(Cl)cc1)Nc1cccc([N+](=O)[O-])c1. The number of amides is 1. The van der Waals surface area contributed by atoms with Crippen molar-refractivity contribution in [2.75, 3.05) is 11.1 Å². The first-order valence-electron chi connectivity index (χ1n) is 6.41. The van der Waals surface area contributed by atoms with Gasteiger partial charge in [-0.1, -0.05) is 29.8 Å². The van der Waals surface area contributed by atoms with Gasteiger partial charge in [-0.25, -0.2) is 0 Å². The van der Waals surface area contributed by atoms with E-state index >= 15 is 0 Å². The quantitative estimate of drug-likeness (QED) is 0.636. The van der Waals surface area contributed by atoms with Crippen LogP contribution >= 0.6 is 23.4 Å². The van der Waals surface area contributed by atoms with Crippen molar-refractivity contribution in [3.05, 3.63) is 69.2 Å². The number of carbonyl (C=O) groups is 1.